The van der Waals surface area contributed by atoms with Crippen LogP contribution in [0.3, 0.4) is 0 Å². The Morgan fingerprint density at radius 2 is 2.37 bits per heavy atom. The molecule has 1 aromatic carbocycles. The molecule has 0 aliphatic carbocycles. The van der Waals surface area contributed by atoms with Crippen molar-refractivity contribution in [1.29, 1.82) is 0 Å². The lowest BCUT2D eigenvalue weighted by Crippen LogP contribution is -2.32. The first-order valence-corrected chi connectivity index (χ1v) is 7.32. The first-order valence-electron chi connectivity index (χ1n) is 6.50. The van der Waals surface area contributed by atoms with Crippen molar-refractivity contribution in [2.24, 2.45) is 5.92 Å². The molecule has 1 aliphatic heterocycles. The van der Waals surface area contributed by atoms with Crippen LogP contribution in [-0.2, 0) is 4.74 Å². The molecular formula is C14H18ClNO2S. The second kappa shape index (κ2) is 6.64. The maximum absolute atomic E-state index is 12.1. The number of rotatable bonds is 4. The zero-order valence-corrected chi connectivity index (χ0v) is 12.5. The molecule has 1 aromatic rings. The van der Waals surface area contributed by atoms with Crippen LogP contribution >= 0.6 is 24.2 Å². The van der Waals surface area contributed by atoms with Crippen molar-refractivity contribution in [3.8, 4) is 0 Å². The van der Waals surface area contributed by atoms with Gasteiger partial charge in [0, 0.05) is 24.0 Å². The molecule has 2 atom stereocenters. The summed E-state index contributed by atoms with van der Waals surface area (Å²) in [5.74, 6) is 0.245. The minimum absolute atomic E-state index is 0.150. The van der Waals surface area contributed by atoms with Crippen molar-refractivity contribution >= 4 is 30.1 Å². The molecule has 0 saturated carbocycles. The topological polar surface area (TPSA) is 38.3 Å². The van der Waals surface area contributed by atoms with E-state index in [9.17, 15) is 4.79 Å². The van der Waals surface area contributed by atoms with E-state index in [0.717, 1.165) is 24.3 Å². The summed E-state index contributed by atoms with van der Waals surface area (Å²) in [6.07, 6.45) is 2.24. The van der Waals surface area contributed by atoms with Crippen molar-refractivity contribution in [1.82, 2.24) is 5.32 Å². The molecule has 3 nitrogen and oxygen atoms in total. The number of carbonyl (C=O) groups excluding carboxylic acids is 1. The van der Waals surface area contributed by atoms with Gasteiger partial charge in [0.25, 0.3) is 5.91 Å². The van der Waals surface area contributed by atoms with Crippen molar-refractivity contribution in [3.63, 3.8) is 0 Å². The van der Waals surface area contributed by atoms with E-state index in [1.165, 1.54) is 0 Å². The molecule has 1 N–H and O–H groups in total. The van der Waals surface area contributed by atoms with Crippen molar-refractivity contribution in [2.75, 3.05) is 13.2 Å². The van der Waals surface area contributed by atoms with Crippen LogP contribution in [0.2, 0.25) is 5.02 Å². The fourth-order valence-electron chi connectivity index (χ4n) is 2.38. The Morgan fingerprint density at radius 3 is 3.11 bits per heavy atom. The van der Waals surface area contributed by atoms with Gasteiger partial charge >= 0.3 is 0 Å². The molecule has 2 unspecified atom stereocenters. The van der Waals surface area contributed by atoms with E-state index < -0.39 is 0 Å². The first kappa shape index (κ1) is 14.7. The minimum atomic E-state index is -0.150. The Hall–Kier alpha value is -0.710. The lowest BCUT2D eigenvalue weighted by molar-refractivity contribution is 0.0827. The molecule has 1 saturated heterocycles. The van der Waals surface area contributed by atoms with Gasteiger partial charge in [0.15, 0.2) is 0 Å². The Bertz CT molecular complexity index is 467. The third kappa shape index (κ3) is 3.65. The zero-order valence-electron chi connectivity index (χ0n) is 10.9. The minimum Gasteiger partial charge on any atom is -0.378 e. The number of hydrogen-bond donors (Lipinski definition) is 2. The predicted molar refractivity (Wildman–Crippen MR) is 79.2 cm³/mol. The monoisotopic (exact) mass is 299 g/mol. The largest absolute Gasteiger partial charge is 0.378 e. The van der Waals surface area contributed by atoms with Gasteiger partial charge in [0.05, 0.1) is 16.7 Å². The standard InChI is InChI=1S/C14H18ClNO2S/c1-2-13-9(5-6-18-13)8-16-14(17)11-7-10(19)3-4-12(11)15/h3-4,7,9,13,19H,2,5-6,8H2,1H3,(H,16,17). The van der Waals surface area contributed by atoms with E-state index in [1.807, 2.05) is 0 Å². The quantitative estimate of drug-likeness (QED) is 0.838. The smallest absolute Gasteiger partial charge is 0.252 e. The predicted octanol–water partition coefficient (Wildman–Crippen LogP) is 3.17. The van der Waals surface area contributed by atoms with Crippen LogP contribution in [0.5, 0.6) is 0 Å². The van der Waals surface area contributed by atoms with Crippen molar-refractivity contribution < 1.29 is 9.53 Å². The number of thiol groups is 1. The van der Waals surface area contributed by atoms with Crippen LogP contribution in [0.4, 0.5) is 0 Å². The molecule has 0 aromatic heterocycles. The number of ether oxygens (including phenoxy) is 1. The highest BCUT2D eigenvalue weighted by Crippen LogP contribution is 2.23. The molecule has 5 heteroatoms. The highest BCUT2D eigenvalue weighted by atomic mass is 35.5. The summed E-state index contributed by atoms with van der Waals surface area (Å²) >= 11 is 10.2. The van der Waals surface area contributed by atoms with Gasteiger partial charge < -0.3 is 10.1 Å². The van der Waals surface area contributed by atoms with Crippen LogP contribution in [0.15, 0.2) is 23.1 Å². The Morgan fingerprint density at radius 1 is 1.58 bits per heavy atom. The number of benzene rings is 1. The second-order valence-electron chi connectivity index (χ2n) is 4.74. The second-order valence-corrected chi connectivity index (χ2v) is 5.66. The maximum Gasteiger partial charge on any atom is 0.252 e. The van der Waals surface area contributed by atoms with E-state index in [2.05, 4.69) is 24.9 Å². The number of hydrogen-bond acceptors (Lipinski definition) is 3. The molecule has 104 valence electrons. The third-order valence-corrected chi connectivity index (χ3v) is 4.08. The lowest BCUT2D eigenvalue weighted by atomic mass is 9.99. The summed E-state index contributed by atoms with van der Waals surface area (Å²) in [7, 11) is 0. The van der Waals surface area contributed by atoms with Crippen LogP contribution in [0.25, 0.3) is 0 Å². The van der Waals surface area contributed by atoms with Gasteiger partial charge in [-0.3, -0.25) is 4.79 Å². The summed E-state index contributed by atoms with van der Waals surface area (Å²) < 4.78 is 5.61. The average Bonchev–Trinajstić information content (AvgIpc) is 2.86. The molecule has 0 radical (unpaired) electrons. The van der Waals surface area contributed by atoms with Gasteiger partial charge in [-0.2, -0.15) is 0 Å². The zero-order chi connectivity index (χ0) is 13.8. The van der Waals surface area contributed by atoms with Gasteiger partial charge in [0.1, 0.15) is 0 Å². The van der Waals surface area contributed by atoms with Crippen LogP contribution < -0.4 is 5.32 Å². The maximum atomic E-state index is 12.1. The number of amides is 1. The number of carbonyl (C=O) groups is 1. The highest BCUT2D eigenvalue weighted by molar-refractivity contribution is 7.80. The Kier molecular flexibility index (Phi) is 5.13. The first-order chi connectivity index (χ1) is 9.11. The molecule has 1 amide bonds. The summed E-state index contributed by atoms with van der Waals surface area (Å²) in [6.45, 7) is 3.52. The Balaban J connectivity index is 1.96. The fraction of sp³-hybridized carbons (Fsp3) is 0.500. The van der Waals surface area contributed by atoms with Crippen molar-refractivity contribution in [3.05, 3.63) is 28.8 Å². The molecule has 0 bridgehead atoms. The molecular weight excluding hydrogens is 282 g/mol. The number of nitrogens with one attached hydrogen (secondary N) is 1. The highest BCUT2D eigenvalue weighted by Gasteiger charge is 2.27. The van der Waals surface area contributed by atoms with Gasteiger partial charge in [-0.15, -0.1) is 12.6 Å². The average molecular weight is 300 g/mol. The van der Waals surface area contributed by atoms with Crippen molar-refractivity contribution in [2.45, 2.75) is 30.8 Å². The molecule has 2 rings (SSSR count). The molecule has 0 spiro atoms. The SMILES string of the molecule is CCC1OCCC1CNC(=O)c1cc(S)ccc1Cl. The summed E-state index contributed by atoms with van der Waals surface area (Å²) in [5.41, 5.74) is 0.473. The van der Waals surface area contributed by atoms with E-state index in [1.54, 1.807) is 18.2 Å². The fourth-order valence-corrected chi connectivity index (χ4v) is 2.79. The van der Waals surface area contributed by atoms with Gasteiger partial charge in [-0.05, 0) is 31.0 Å². The summed E-state index contributed by atoms with van der Waals surface area (Å²) in [6, 6.07) is 5.13. The molecule has 19 heavy (non-hydrogen) atoms. The van der Waals surface area contributed by atoms with E-state index in [0.29, 0.717) is 23.0 Å². The lowest BCUT2D eigenvalue weighted by Gasteiger charge is -2.17. The van der Waals surface area contributed by atoms with Gasteiger partial charge in [0.2, 0.25) is 0 Å². The van der Waals surface area contributed by atoms with Gasteiger partial charge in [-0.1, -0.05) is 18.5 Å². The van der Waals surface area contributed by atoms with E-state index >= 15 is 0 Å². The normalized spacial score (nSPS) is 22.5. The molecule has 1 fully saturated rings. The summed E-state index contributed by atoms with van der Waals surface area (Å²) in [4.78, 5) is 12.8. The summed E-state index contributed by atoms with van der Waals surface area (Å²) in [5, 5.41) is 3.38. The van der Waals surface area contributed by atoms with Gasteiger partial charge in [-0.25, -0.2) is 0 Å². The van der Waals surface area contributed by atoms with Crippen LogP contribution in [0, 0.1) is 5.92 Å². The molecule has 1 heterocycles. The van der Waals surface area contributed by atoms with Crippen LogP contribution in [0.1, 0.15) is 30.1 Å². The van der Waals surface area contributed by atoms with E-state index in [4.69, 9.17) is 16.3 Å². The third-order valence-electron chi connectivity index (χ3n) is 3.47. The molecule has 1 aliphatic rings. The Labute approximate surface area is 124 Å². The van der Waals surface area contributed by atoms with E-state index in [-0.39, 0.29) is 12.0 Å². The number of halogens is 1. The van der Waals surface area contributed by atoms with Crippen LogP contribution in [-0.4, -0.2) is 25.2 Å².